The molecule has 2 N–H and O–H groups in total. The molecule has 0 spiro atoms. The van der Waals surface area contributed by atoms with Gasteiger partial charge >= 0.3 is 6.09 Å². The van der Waals surface area contributed by atoms with Gasteiger partial charge in [0.25, 0.3) is 0 Å². The molecule has 3 rings (SSSR count). The van der Waals surface area contributed by atoms with Crippen LogP contribution in [0.2, 0.25) is 2.82 Å². The number of alkyl carbamates (subject to hydrolysis) is 1. The minimum Gasteiger partial charge on any atom is -0.447 e. The van der Waals surface area contributed by atoms with Gasteiger partial charge < -0.3 is 19.9 Å². The molecule has 0 unspecified atom stereocenters. The Morgan fingerprint density at radius 2 is 2.57 bits per heavy atom. The van der Waals surface area contributed by atoms with Crippen LogP contribution < -0.4 is 5.31 Å². The van der Waals surface area contributed by atoms with Crippen LogP contribution in [-0.2, 0) is 17.5 Å². The molecule has 0 aliphatic carbocycles. The number of hydrogen-bond acceptors (Lipinski definition) is 3. The van der Waals surface area contributed by atoms with E-state index in [9.17, 15) is 4.79 Å². The van der Waals surface area contributed by atoms with Crippen molar-refractivity contribution in [2.24, 2.45) is 0 Å². The Kier molecular flexibility index (Phi) is 1.46. The summed E-state index contributed by atoms with van der Waals surface area (Å²) < 4.78 is 110. The number of likely N-dealkylation sites (N-methyl/N-ethyl adjacent to an activating group) is 1. The van der Waals surface area contributed by atoms with E-state index in [0.29, 0.717) is 9.88 Å². The molecule has 21 heavy (non-hydrogen) atoms. The Labute approximate surface area is 142 Å². The molecule has 112 valence electrons. The van der Waals surface area contributed by atoms with E-state index in [1.165, 1.54) is 0 Å². The summed E-state index contributed by atoms with van der Waals surface area (Å²) >= 11 is 0. The fourth-order valence-electron chi connectivity index (χ4n) is 1.82. The zero-order valence-corrected chi connectivity index (χ0v) is 11.1. The Morgan fingerprint density at radius 3 is 3.33 bits per heavy atom. The van der Waals surface area contributed by atoms with Gasteiger partial charge in [-0.25, -0.2) is 4.79 Å². The van der Waals surface area contributed by atoms with Crippen molar-refractivity contribution in [2.75, 3.05) is 27.2 Å². The molecule has 1 aromatic carbocycles. The first-order valence-corrected chi connectivity index (χ1v) is 6.16. The van der Waals surface area contributed by atoms with Crippen LogP contribution in [0.5, 0.6) is 0 Å². The number of H-pyrrole nitrogens is 1. The third-order valence-electron chi connectivity index (χ3n) is 2.75. The van der Waals surface area contributed by atoms with Crippen molar-refractivity contribution >= 4 is 17.0 Å². The third-order valence-corrected chi connectivity index (χ3v) is 2.75. The predicted molar refractivity (Wildman–Crippen MR) is 82.5 cm³/mol. The van der Waals surface area contributed by atoms with Crippen molar-refractivity contribution in [1.29, 1.82) is 0 Å². The van der Waals surface area contributed by atoms with Crippen LogP contribution >= 0.6 is 0 Å². The van der Waals surface area contributed by atoms with Crippen LogP contribution in [0.25, 0.3) is 10.9 Å². The zero-order valence-electron chi connectivity index (χ0n) is 24.1. The number of aromatic amines is 1. The fourth-order valence-corrected chi connectivity index (χ4v) is 1.82. The SMILES string of the molecule is [2H]c1c(C([2H])([2H])[C@H]2COC(=O)N2[2H])c([2H])c2c(C([2H])([2H])CN(C)C([2H])([2H])[2H])c([2H])n([2H])c2c1[2H]. The van der Waals surface area contributed by atoms with E-state index in [0.717, 1.165) is 7.05 Å². The Bertz CT molecular complexity index is 1160. The molecule has 1 aliphatic heterocycles. The number of amides is 1. The van der Waals surface area contributed by atoms with Gasteiger partial charge in [0.15, 0.2) is 2.82 Å². The summed E-state index contributed by atoms with van der Waals surface area (Å²) in [6.07, 6.45) is -7.33. The molecule has 1 saturated heterocycles. The molecular weight excluding hydrogens is 266 g/mol. The number of fused-ring (bicyclic) bond motifs is 1. The molecule has 1 amide bonds. The van der Waals surface area contributed by atoms with Crippen molar-refractivity contribution in [1.82, 2.24) is 15.2 Å². The summed E-state index contributed by atoms with van der Waals surface area (Å²) in [6, 6.07) is -3.97. The summed E-state index contributed by atoms with van der Waals surface area (Å²) in [4.78, 5) is 12.6. The number of aromatic nitrogens is 1. The number of nitrogens with one attached hydrogen (secondary N) is 2. The molecule has 2 aromatic rings. The molecule has 1 aliphatic rings. The molecule has 1 aromatic heterocycles. The number of carbonyl (C=O) groups excluding carboxylic acids is 1. The lowest BCUT2D eigenvalue weighted by molar-refractivity contribution is 0.177. The second-order valence-electron chi connectivity index (χ2n) is 4.47. The van der Waals surface area contributed by atoms with E-state index >= 15 is 0 Å². The van der Waals surface area contributed by atoms with E-state index in [1.54, 1.807) is 0 Å². The van der Waals surface area contributed by atoms with Gasteiger partial charge in [-0.15, -0.1) is 0 Å². The molecule has 5 nitrogen and oxygen atoms in total. The monoisotopic (exact) mass is 300 g/mol. The summed E-state index contributed by atoms with van der Waals surface area (Å²) in [5.74, 6) is 0. The van der Waals surface area contributed by atoms with Crippen LogP contribution in [0.4, 0.5) is 4.79 Å². The summed E-state index contributed by atoms with van der Waals surface area (Å²) in [5.41, 5.74) is -1.83. The maximum absolute atomic E-state index is 11.6. The van der Waals surface area contributed by atoms with Crippen molar-refractivity contribution in [3.63, 3.8) is 0 Å². The lowest BCUT2D eigenvalue weighted by Crippen LogP contribution is -2.28. The van der Waals surface area contributed by atoms with Gasteiger partial charge in [-0.05, 0) is 50.0 Å². The number of ether oxygens (including phenoxy) is 1. The molecule has 0 saturated carbocycles. The quantitative estimate of drug-likeness (QED) is 0.887. The number of cyclic esters (lactones) is 1. The van der Waals surface area contributed by atoms with E-state index < -0.39 is 91.3 Å². The smallest absolute Gasteiger partial charge is 0.407 e. The third kappa shape index (κ3) is 3.19. The summed E-state index contributed by atoms with van der Waals surface area (Å²) in [6.45, 7) is -4.04. The molecule has 2 heterocycles. The average molecular weight is 300 g/mol. The van der Waals surface area contributed by atoms with E-state index in [1.807, 2.05) is 0 Å². The normalized spacial score (nSPS) is 29.6. The highest BCUT2D eigenvalue weighted by Crippen LogP contribution is 2.21. The minimum absolute atomic E-state index is 0.212. The van der Waals surface area contributed by atoms with E-state index in [4.69, 9.17) is 17.9 Å². The molecule has 0 radical (unpaired) electrons. The highest BCUT2D eigenvalue weighted by atomic mass is 16.6. The Morgan fingerprint density at radius 1 is 1.67 bits per heavy atom. The maximum Gasteiger partial charge on any atom is 0.407 e. The van der Waals surface area contributed by atoms with Crippen molar-refractivity contribution in [3.8, 4) is 0 Å². The molecule has 1 fully saturated rings. The lowest BCUT2D eigenvalue weighted by Gasteiger charge is -2.09. The number of benzene rings is 1. The highest BCUT2D eigenvalue weighted by Gasteiger charge is 2.22. The van der Waals surface area contributed by atoms with Gasteiger partial charge in [-0.3, -0.25) is 0 Å². The highest BCUT2D eigenvalue weighted by molar-refractivity contribution is 5.84. The summed E-state index contributed by atoms with van der Waals surface area (Å²) in [7, 11) is 1.12. The standard InChI is InChI=1S/C16H21N3O2/c1-19(2)6-5-12-9-17-15-4-3-11(8-14(12)15)7-13-10-21-16(20)18-13/h3-4,8-9,13,17H,5-7,10H2,1-2H3,(H,18,20)/t13-/m0/s1/i1D3,3D,4D,5D2,7D2,8D,9D/hD2. The van der Waals surface area contributed by atoms with Crippen molar-refractivity contribution < 1.29 is 27.4 Å². The Balaban J connectivity index is 2.33. The number of hydrogen-bond donors (Lipinski definition) is 2. The van der Waals surface area contributed by atoms with Gasteiger partial charge in [-0.1, -0.05) is 6.04 Å². The van der Waals surface area contributed by atoms with Crippen molar-refractivity contribution in [3.05, 3.63) is 35.4 Å². The zero-order chi connectivity index (χ0) is 26.1. The molecule has 0 bridgehead atoms. The van der Waals surface area contributed by atoms with Gasteiger partial charge in [0.1, 0.15) is 6.61 Å². The van der Waals surface area contributed by atoms with Gasteiger partial charge in [0.05, 0.1) is 11.5 Å². The van der Waals surface area contributed by atoms with E-state index in [2.05, 4.69) is 4.74 Å². The van der Waals surface area contributed by atoms with Crippen LogP contribution in [0.15, 0.2) is 24.3 Å². The van der Waals surface area contributed by atoms with Gasteiger partial charge in [-0.2, -0.15) is 0 Å². The van der Waals surface area contributed by atoms with Crippen LogP contribution in [-0.4, -0.2) is 49.2 Å². The molecular formula is C16H21N3O2. The van der Waals surface area contributed by atoms with Crippen LogP contribution in [0.1, 0.15) is 26.2 Å². The summed E-state index contributed by atoms with van der Waals surface area (Å²) in [5, 5.41) is -0.283. The van der Waals surface area contributed by atoms with E-state index in [-0.39, 0.29) is 5.31 Å². The van der Waals surface area contributed by atoms with Crippen molar-refractivity contribution in [2.45, 2.75) is 18.8 Å². The van der Waals surface area contributed by atoms with Crippen LogP contribution in [0.3, 0.4) is 0 Å². The maximum atomic E-state index is 11.6. The average Bonchev–Trinajstić information content (AvgIpc) is 3.17. The topological polar surface area (TPSA) is 57.4 Å². The molecule has 5 heteroatoms. The molecule has 1 atom stereocenters. The largest absolute Gasteiger partial charge is 0.447 e. The number of carbonyl (C=O) groups is 1. The second-order valence-corrected chi connectivity index (χ2v) is 4.47. The first-order chi connectivity index (χ1) is 15.4. The minimum atomic E-state index is -2.77. The van der Waals surface area contributed by atoms with Gasteiger partial charge in [0.2, 0.25) is 0 Å². The number of rotatable bonds is 5. The van der Waals surface area contributed by atoms with Crippen LogP contribution in [0, 0.1) is 0 Å². The van der Waals surface area contributed by atoms with Gasteiger partial charge in [0, 0.05) is 33.2 Å². The predicted octanol–water partition coefficient (Wildman–Crippen LogP) is 1.92. The number of nitrogens with zero attached hydrogens (tertiary/aromatic N) is 1. The second kappa shape index (κ2) is 5.77. The first kappa shape index (κ1) is 5.32. The lowest BCUT2D eigenvalue weighted by atomic mass is 10.0. The fraction of sp³-hybridized carbons (Fsp3) is 0.438. The Hall–Kier alpha value is -2.01. The first-order valence-electron chi connectivity index (χ1n) is 12.6.